The Bertz CT molecular complexity index is 1050. The summed E-state index contributed by atoms with van der Waals surface area (Å²) in [5, 5.41) is 11.6. The number of ether oxygens (including phenoxy) is 1. The summed E-state index contributed by atoms with van der Waals surface area (Å²) in [5.74, 6) is -1.16. The number of fused-ring (bicyclic) bond motifs is 3. The van der Waals surface area contributed by atoms with Crippen LogP contribution >= 0.6 is 27.3 Å². The van der Waals surface area contributed by atoms with Crippen molar-refractivity contribution in [1.82, 2.24) is 4.90 Å². The number of thiophene rings is 1. The monoisotopic (exact) mass is 485 g/mol. The van der Waals surface area contributed by atoms with Crippen molar-refractivity contribution in [2.75, 3.05) is 13.2 Å². The number of carbonyl (C=O) groups excluding carboxylic acids is 1. The molecule has 1 aliphatic rings. The van der Waals surface area contributed by atoms with Crippen LogP contribution in [-0.4, -0.2) is 35.2 Å². The number of halogens is 1. The van der Waals surface area contributed by atoms with Crippen LogP contribution in [0.15, 0.2) is 64.5 Å². The topological polar surface area (TPSA) is 66.8 Å². The van der Waals surface area contributed by atoms with Gasteiger partial charge in [0.25, 0.3) is 0 Å². The fourth-order valence-electron chi connectivity index (χ4n) is 3.98. The third kappa shape index (κ3) is 3.63. The number of carboxylic acids is 1. The van der Waals surface area contributed by atoms with Crippen LogP contribution in [0.25, 0.3) is 11.1 Å². The highest BCUT2D eigenvalue weighted by molar-refractivity contribution is 9.10. The standard InChI is InChI=1S/C23H20BrNO4S/c1-2-25(20(22(26)27)21-19(24)11-12-30-21)23(28)29-13-18-16-9-5-3-7-14(16)15-8-4-6-10-17(15)18/h3-12,18,20H,2,13H2,1H3,(H,26,27). The quantitative estimate of drug-likeness (QED) is 0.471. The lowest BCUT2D eigenvalue weighted by Gasteiger charge is -2.27. The first-order chi connectivity index (χ1) is 14.5. The maximum absolute atomic E-state index is 12.9. The van der Waals surface area contributed by atoms with Crippen molar-refractivity contribution < 1.29 is 19.4 Å². The number of hydrogen-bond acceptors (Lipinski definition) is 4. The lowest BCUT2D eigenvalue weighted by atomic mass is 9.98. The summed E-state index contributed by atoms with van der Waals surface area (Å²) < 4.78 is 6.35. The van der Waals surface area contributed by atoms with Gasteiger partial charge >= 0.3 is 12.1 Å². The molecule has 154 valence electrons. The molecule has 7 heteroatoms. The van der Waals surface area contributed by atoms with Crippen LogP contribution in [0.2, 0.25) is 0 Å². The van der Waals surface area contributed by atoms with Gasteiger partial charge in [-0.2, -0.15) is 0 Å². The van der Waals surface area contributed by atoms with Crippen LogP contribution in [0.5, 0.6) is 0 Å². The van der Waals surface area contributed by atoms with Gasteiger partial charge in [-0.05, 0) is 56.6 Å². The summed E-state index contributed by atoms with van der Waals surface area (Å²) in [4.78, 5) is 26.7. The summed E-state index contributed by atoms with van der Waals surface area (Å²) in [6.07, 6.45) is -0.632. The number of rotatable bonds is 6. The second kappa shape index (κ2) is 8.62. The van der Waals surface area contributed by atoms with Crippen molar-refractivity contribution in [1.29, 1.82) is 0 Å². The van der Waals surface area contributed by atoms with E-state index in [1.54, 1.807) is 18.4 Å². The van der Waals surface area contributed by atoms with Crippen molar-refractivity contribution in [2.24, 2.45) is 0 Å². The second-order valence-corrected chi connectivity index (χ2v) is 8.77. The summed E-state index contributed by atoms with van der Waals surface area (Å²) in [6, 6.07) is 16.9. The van der Waals surface area contributed by atoms with Gasteiger partial charge < -0.3 is 9.84 Å². The van der Waals surface area contributed by atoms with E-state index in [0.717, 1.165) is 22.3 Å². The SMILES string of the molecule is CCN(C(=O)OCC1c2ccccc2-c2ccccc21)C(C(=O)O)c1sccc1Br. The maximum atomic E-state index is 12.9. The first-order valence-corrected chi connectivity index (χ1v) is 11.3. The molecule has 4 rings (SSSR count). The van der Waals surface area contributed by atoms with Gasteiger partial charge in [-0.1, -0.05) is 48.5 Å². The van der Waals surface area contributed by atoms with Crippen molar-refractivity contribution >= 4 is 39.3 Å². The highest BCUT2D eigenvalue weighted by Crippen LogP contribution is 2.44. The largest absolute Gasteiger partial charge is 0.479 e. The van der Waals surface area contributed by atoms with Gasteiger partial charge in [0.1, 0.15) is 6.61 Å². The molecule has 1 atom stereocenters. The Morgan fingerprint density at radius 3 is 2.20 bits per heavy atom. The van der Waals surface area contributed by atoms with E-state index in [2.05, 4.69) is 28.1 Å². The van der Waals surface area contributed by atoms with E-state index in [4.69, 9.17) is 4.74 Å². The second-order valence-electron chi connectivity index (χ2n) is 6.96. The number of aliphatic carboxylic acids is 1. The molecule has 0 spiro atoms. The molecule has 0 bridgehead atoms. The Hall–Kier alpha value is -2.64. The maximum Gasteiger partial charge on any atom is 0.410 e. The molecule has 1 heterocycles. The number of benzene rings is 2. The van der Waals surface area contributed by atoms with Gasteiger partial charge in [0.15, 0.2) is 6.04 Å². The molecule has 1 unspecified atom stereocenters. The normalized spacial score (nSPS) is 13.4. The Morgan fingerprint density at radius 1 is 1.10 bits per heavy atom. The predicted molar refractivity (Wildman–Crippen MR) is 120 cm³/mol. The molecular formula is C23H20BrNO4S. The van der Waals surface area contributed by atoms with Gasteiger partial charge in [-0.15, -0.1) is 11.3 Å². The number of likely N-dealkylation sites (N-methyl/N-ethyl adjacent to an activating group) is 1. The van der Waals surface area contributed by atoms with Crippen LogP contribution in [-0.2, 0) is 9.53 Å². The summed E-state index contributed by atoms with van der Waals surface area (Å²) in [6.45, 7) is 2.12. The Labute approximate surface area is 187 Å². The molecule has 0 fully saturated rings. The molecule has 1 amide bonds. The minimum atomic E-state index is -1.10. The molecule has 3 aromatic rings. The smallest absolute Gasteiger partial charge is 0.410 e. The molecule has 1 aromatic heterocycles. The van der Waals surface area contributed by atoms with Crippen molar-refractivity contribution in [2.45, 2.75) is 18.9 Å². The minimum absolute atomic E-state index is 0.0724. The Morgan fingerprint density at radius 2 is 1.70 bits per heavy atom. The number of carboxylic acid groups (broad SMARTS) is 1. The van der Waals surface area contributed by atoms with Gasteiger partial charge in [-0.25, -0.2) is 9.59 Å². The minimum Gasteiger partial charge on any atom is -0.479 e. The Balaban J connectivity index is 1.57. The van der Waals surface area contributed by atoms with Crippen LogP contribution in [0.1, 0.15) is 34.9 Å². The van der Waals surface area contributed by atoms with E-state index in [-0.39, 0.29) is 19.1 Å². The van der Waals surface area contributed by atoms with Gasteiger partial charge in [0, 0.05) is 16.9 Å². The van der Waals surface area contributed by atoms with Gasteiger partial charge in [0.05, 0.1) is 4.88 Å². The molecule has 1 aliphatic carbocycles. The molecule has 0 saturated carbocycles. The third-order valence-corrected chi connectivity index (χ3v) is 7.27. The van der Waals surface area contributed by atoms with Crippen LogP contribution in [0.4, 0.5) is 4.79 Å². The van der Waals surface area contributed by atoms with E-state index in [9.17, 15) is 14.7 Å². The van der Waals surface area contributed by atoms with E-state index < -0.39 is 18.1 Å². The van der Waals surface area contributed by atoms with Crippen LogP contribution < -0.4 is 0 Å². The molecule has 30 heavy (non-hydrogen) atoms. The summed E-state index contributed by atoms with van der Waals surface area (Å²) in [5.41, 5.74) is 4.52. The number of carbonyl (C=O) groups is 2. The zero-order valence-corrected chi connectivity index (χ0v) is 18.7. The van der Waals surface area contributed by atoms with E-state index in [1.807, 2.05) is 36.4 Å². The van der Waals surface area contributed by atoms with Crippen molar-refractivity contribution in [3.63, 3.8) is 0 Å². The number of hydrogen-bond donors (Lipinski definition) is 1. The summed E-state index contributed by atoms with van der Waals surface area (Å²) in [7, 11) is 0. The van der Waals surface area contributed by atoms with Crippen LogP contribution in [0, 0.1) is 0 Å². The first kappa shape index (κ1) is 20.6. The lowest BCUT2D eigenvalue weighted by Crippen LogP contribution is -2.39. The third-order valence-electron chi connectivity index (χ3n) is 5.35. The molecule has 0 aliphatic heterocycles. The lowest BCUT2D eigenvalue weighted by molar-refractivity contribution is -0.142. The predicted octanol–water partition coefficient (Wildman–Crippen LogP) is 5.91. The van der Waals surface area contributed by atoms with Crippen molar-refractivity contribution in [3.8, 4) is 11.1 Å². The molecule has 1 N–H and O–H groups in total. The van der Waals surface area contributed by atoms with E-state index >= 15 is 0 Å². The number of nitrogens with zero attached hydrogens (tertiary/aromatic N) is 1. The zero-order chi connectivity index (χ0) is 21.3. The van der Waals surface area contributed by atoms with E-state index in [0.29, 0.717) is 9.35 Å². The highest BCUT2D eigenvalue weighted by Gasteiger charge is 2.35. The van der Waals surface area contributed by atoms with Crippen LogP contribution in [0.3, 0.4) is 0 Å². The molecule has 5 nitrogen and oxygen atoms in total. The average Bonchev–Trinajstić information content (AvgIpc) is 3.31. The molecule has 0 saturated heterocycles. The fourth-order valence-corrected chi connectivity index (χ4v) is 5.67. The summed E-state index contributed by atoms with van der Waals surface area (Å²) >= 11 is 4.67. The first-order valence-electron chi connectivity index (χ1n) is 9.60. The average molecular weight is 486 g/mol. The number of amides is 1. The highest BCUT2D eigenvalue weighted by atomic mass is 79.9. The van der Waals surface area contributed by atoms with Crippen molar-refractivity contribution in [3.05, 3.63) is 80.5 Å². The molecule has 0 radical (unpaired) electrons. The molecule has 2 aromatic carbocycles. The zero-order valence-electron chi connectivity index (χ0n) is 16.2. The Kier molecular flexibility index (Phi) is 5.92. The molecular weight excluding hydrogens is 466 g/mol. The van der Waals surface area contributed by atoms with E-state index in [1.165, 1.54) is 16.2 Å². The fraction of sp³-hybridized carbons (Fsp3) is 0.217. The van der Waals surface area contributed by atoms with Gasteiger partial charge in [-0.3, -0.25) is 4.90 Å². The van der Waals surface area contributed by atoms with Gasteiger partial charge in [0.2, 0.25) is 0 Å².